The van der Waals surface area contributed by atoms with Crippen LogP contribution < -0.4 is 10.9 Å². The first kappa shape index (κ1) is 23.4. The number of aryl methyl sites for hydroxylation is 3. The number of carbonyl (C=O) groups is 1. The van der Waals surface area contributed by atoms with Crippen LogP contribution in [0, 0.1) is 20.8 Å². The lowest BCUT2D eigenvalue weighted by atomic mass is 10.1. The maximum Gasteiger partial charge on any atom is 0.266 e. The monoisotopic (exact) mass is 497 g/mol. The summed E-state index contributed by atoms with van der Waals surface area (Å²) >= 11 is 13.7. The maximum absolute atomic E-state index is 13.4. The van der Waals surface area contributed by atoms with Crippen molar-refractivity contribution in [1.82, 2.24) is 9.55 Å². The number of nitrogens with one attached hydrogen (secondary N) is 1. The van der Waals surface area contributed by atoms with Crippen LogP contribution in [0.3, 0.4) is 0 Å². The molecule has 0 aliphatic heterocycles. The van der Waals surface area contributed by atoms with Crippen LogP contribution in [0.25, 0.3) is 16.6 Å². The smallest absolute Gasteiger partial charge is 0.266 e. The predicted octanol–water partition coefficient (Wildman–Crippen LogP) is 6.35. The summed E-state index contributed by atoms with van der Waals surface area (Å²) in [5.74, 6) is -0.278. The van der Waals surface area contributed by atoms with E-state index >= 15 is 0 Å². The Morgan fingerprint density at radius 1 is 1.00 bits per heavy atom. The van der Waals surface area contributed by atoms with Crippen molar-refractivity contribution in [2.24, 2.45) is 0 Å². The number of aromatic nitrogens is 2. The molecule has 4 rings (SSSR count). The Labute approximate surface area is 205 Å². The van der Waals surface area contributed by atoms with E-state index in [2.05, 4.69) is 10.3 Å². The summed E-state index contributed by atoms with van der Waals surface area (Å²) < 4.78 is 1.55. The van der Waals surface area contributed by atoms with Crippen molar-refractivity contribution in [3.05, 3.63) is 91.7 Å². The van der Waals surface area contributed by atoms with Crippen LogP contribution in [0.1, 0.15) is 16.7 Å². The van der Waals surface area contributed by atoms with Gasteiger partial charge in [0.05, 0.1) is 38.1 Å². The van der Waals surface area contributed by atoms with Crippen molar-refractivity contribution in [2.75, 3.05) is 11.1 Å². The number of amides is 1. The summed E-state index contributed by atoms with van der Waals surface area (Å²) in [6.45, 7) is 5.85. The molecule has 0 aliphatic rings. The molecule has 5 nitrogen and oxygen atoms in total. The van der Waals surface area contributed by atoms with Crippen LogP contribution in [-0.4, -0.2) is 21.2 Å². The third-order valence-electron chi connectivity index (χ3n) is 5.37. The fourth-order valence-corrected chi connectivity index (χ4v) is 4.66. The van der Waals surface area contributed by atoms with E-state index in [0.717, 1.165) is 16.7 Å². The van der Waals surface area contributed by atoms with Gasteiger partial charge in [-0.15, -0.1) is 0 Å². The molecule has 1 N–H and O–H groups in total. The number of benzene rings is 3. The van der Waals surface area contributed by atoms with Gasteiger partial charge in [0, 0.05) is 0 Å². The second-order valence-corrected chi connectivity index (χ2v) is 9.44. The summed E-state index contributed by atoms with van der Waals surface area (Å²) in [6, 6.07) is 16.5. The number of nitrogens with zero attached hydrogens (tertiary/aromatic N) is 2. The number of rotatable bonds is 5. The number of hydrogen-bond donors (Lipinski definition) is 1. The Bertz CT molecular complexity index is 1450. The summed E-state index contributed by atoms with van der Waals surface area (Å²) in [6.07, 6.45) is 0. The van der Waals surface area contributed by atoms with Gasteiger partial charge in [-0.3, -0.25) is 14.2 Å². The second kappa shape index (κ2) is 9.59. The van der Waals surface area contributed by atoms with Gasteiger partial charge in [-0.25, -0.2) is 4.98 Å². The Morgan fingerprint density at radius 3 is 2.48 bits per heavy atom. The van der Waals surface area contributed by atoms with E-state index in [1.807, 2.05) is 51.1 Å². The van der Waals surface area contributed by atoms with Crippen molar-refractivity contribution in [3.8, 4) is 5.69 Å². The van der Waals surface area contributed by atoms with E-state index in [4.69, 9.17) is 23.2 Å². The lowest BCUT2D eigenvalue weighted by molar-refractivity contribution is -0.113. The predicted molar refractivity (Wildman–Crippen MR) is 137 cm³/mol. The van der Waals surface area contributed by atoms with Crippen LogP contribution in [0.15, 0.2) is 64.5 Å². The Balaban J connectivity index is 1.70. The van der Waals surface area contributed by atoms with Crippen LogP contribution in [0.2, 0.25) is 10.0 Å². The number of anilines is 1. The number of carbonyl (C=O) groups excluding carboxylic acids is 1. The van der Waals surface area contributed by atoms with Gasteiger partial charge in [-0.05, 0) is 67.8 Å². The molecule has 1 amide bonds. The second-order valence-electron chi connectivity index (χ2n) is 7.71. The fourth-order valence-electron chi connectivity index (χ4n) is 3.38. The standard InChI is InChI=1S/C25H21Cl2N3O2S/c1-14-8-10-17(12-16(14)3)30-24(32)18-6-4-5-7-20(18)28-25(30)33-13-21(31)29-23-19(26)11-9-15(2)22(23)27/h4-12H,13H2,1-3H3,(H,29,31). The third-order valence-corrected chi connectivity index (χ3v) is 7.12. The fraction of sp³-hybridized carbons (Fsp3) is 0.160. The molecule has 0 radical (unpaired) electrons. The van der Waals surface area contributed by atoms with Crippen LogP contribution in [-0.2, 0) is 4.79 Å². The molecule has 0 aliphatic carbocycles. The van der Waals surface area contributed by atoms with Crippen molar-refractivity contribution < 1.29 is 4.79 Å². The van der Waals surface area contributed by atoms with Crippen LogP contribution >= 0.6 is 35.0 Å². The van der Waals surface area contributed by atoms with Gasteiger partial charge in [-0.1, -0.05) is 59.2 Å². The van der Waals surface area contributed by atoms with Crippen LogP contribution in [0.4, 0.5) is 5.69 Å². The molecule has 0 unspecified atom stereocenters. The van der Waals surface area contributed by atoms with E-state index in [9.17, 15) is 9.59 Å². The average molecular weight is 498 g/mol. The average Bonchev–Trinajstić information content (AvgIpc) is 2.80. The third kappa shape index (κ3) is 4.78. The molecule has 0 fully saturated rings. The highest BCUT2D eigenvalue weighted by atomic mass is 35.5. The highest BCUT2D eigenvalue weighted by molar-refractivity contribution is 7.99. The van der Waals surface area contributed by atoms with Gasteiger partial charge >= 0.3 is 0 Å². The zero-order valence-corrected chi connectivity index (χ0v) is 20.6. The molecule has 168 valence electrons. The molecule has 0 saturated carbocycles. The molecule has 0 saturated heterocycles. The van der Waals surface area contributed by atoms with E-state index in [-0.39, 0.29) is 17.2 Å². The largest absolute Gasteiger partial charge is 0.323 e. The van der Waals surface area contributed by atoms with Gasteiger partial charge in [0.1, 0.15) is 0 Å². The Morgan fingerprint density at radius 2 is 1.73 bits per heavy atom. The molecule has 1 heterocycles. The first-order valence-corrected chi connectivity index (χ1v) is 12.0. The summed E-state index contributed by atoms with van der Waals surface area (Å²) in [5.41, 5.74) is 4.47. The van der Waals surface area contributed by atoms with Crippen molar-refractivity contribution >= 4 is 57.5 Å². The molecule has 4 aromatic rings. The highest BCUT2D eigenvalue weighted by Gasteiger charge is 2.17. The molecular formula is C25H21Cl2N3O2S. The zero-order valence-electron chi connectivity index (χ0n) is 18.3. The normalized spacial score (nSPS) is 11.1. The minimum Gasteiger partial charge on any atom is -0.323 e. The van der Waals surface area contributed by atoms with E-state index in [0.29, 0.717) is 37.5 Å². The summed E-state index contributed by atoms with van der Waals surface area (Å²) in [7, 11) is 0. The number of halogens is 2. The van der Waals surface area contributed by atoms with Crippen molar-refractivity contribution in [1.29, 1.82) is 0 Å². The van der Waals surface area contributed by atoms with E-state index in [1.165, 1.54) is 11.8 Å². The summed E-state index contributed by atoms with van der Waals surface area (Å²) in [5, 5.41) is 4.48. The van der Waals surface area contributed by atoms with Crippen LogP contribution in [0.5, 0.6) is 0 Å². The number of para-hydroxylation sites is 1. The van der Waals surface area contributed by atoms with E-state index in [1.54, 1.807) is 28.8 Å². The number of thioether (sulfide) groups is 1. The molecular weight excluding hydrogens is 477 g/mol. The lowest BCUT2D eigenvalue weighted by Gasteiger charge is -2.15. The molecule has 0 spiro atoms. The highest BCUT2D eigenvalue weighted by Crippen LogP contribution is 2.33. The minimum absolute atomic E-state index is 0.0240. The Kier molecular flexibility index (Phi) is 6.79. The van der Waals surface area contributed by atoms with Gasteiger partial charge in [-0.2, -0.15) is 0 Å². The topological polar surface area (TPSA) is 64.0 Å². The van der Waals surface area contributed by atoms with Gasteiger partial charge in [0.25, 0.3) is 5.56 Å². The minimum atomic E-state index is -0.302. The van der Waals surface area contributed by atoms with Crippen molar-refractivity contribution in [2.45, 2.75) is 25.9 Å². The van der Waals surface area contributed by atoms with Crippen molar-refractivity contribution in [3.63, 3.8) is 0 Å². The lowest BCUT2D eigenvalue weighted by Crippen LogP contribution is -2.23. The first-order chi connectivity index (χ1) is 15.8. The molecule has 0 atom stereocenters. The Hall–Kier alpha value is -2.80. The zero-order chi connectivity index (χ0) is 23.7. The quantitative estimate of drug-likeness (QED) is 0.257. The SMILES string of the molecule is Cc1ccc(-n2c(SCC(=O)Nc3c(Cl)ccc(C)c3Cl)nc3ccccc3c2=O)cc1C. The van der Waals surface area contributed by atoms with E-state index < -0.39 is 0 Å². The van der Waals surface area contributed by atoms with Gasteiger partial charge < -0.3 is 5.32 Å². The molecule has 0 bridgehead atoms. The molecule has 3 aromatic carbocycles. The maximum atomic E-state index is 13.4. The molecule has 8 heteroatoms. The summed E-state index contributed by atoms with van der Waals surface area (Å²) in [4.78, 5) is 30.8. The van der Waals surface area contributed by atoms with Gasteiger partial charge in [0.2, 0.25) is 5.91 Å². The molecule has 1 aromatic heterocycles. The molecule has 33 heavy (non-hydrogen) atoms. The first-order valence-electron chi connectivity index (χ1n) is 10.2. The number of fused-ring (bicyclic) bond motifs is 1. The number of hydrogen-bond acceptors (Lipinski definition) is 4. The van der Waals surface area contributed by atoms with Gasteiger partial charge in [0.15, 0.2) is 5.16 Å².